The van der Waals surface area contributed by atoms with E-state index in [0.717, 1.165) is 35.7 Å². The maximum Gasteiger partial charge on any atom is 0.228 e. The summed E-state index contributed by atoms with van der Waals surface area (Å²) < 4.78 is 0. The lowest BCUT2D eigenvalue weighted by atomic mass is 9.98. The molecular weight excluding hydrogens is 306 g/mol. The summed E-state index contributed by atoms with van der Waals surface area (Å²) in [6, 6.07) is 8.74. The maximum absolute atomic E-state index is 12.5. The van der Waals surface area contributed by atoms with Gasteiger partial charge in [0.25, 0.3) is 0 Å². The zero-order valence-electron chi connectivity index (χ0n) is 13.7. The molecule has 1 saturated heterocycles. The van der Waals surface area contributed by atoms with E-state index in [1.54, 1.807) is 11.3 Å². The van der Waals surface area contributed by atoms with E-state index in [-0.39, 0.29) is 18.0 Å². The van der Waals surface area contributed by atoms with Crippen LogP contribution in [0.1, 0.15) is 31.0 Å². The van der Waals surface area contributed by atoms with Crippen molar-refractivity contribution >= 4 is 17.2 Å². The summed E-state index contributed by atoms with van der Waals surface area (Å²) in [7, 11) is 0. The van der Waals surface area contributed by atoms with E-state index in [9.17, 15) is 4.79 Å². The summed E-state index contributed by atoms with van der Waals surface area (Å²) in [5.41, 5.74) is 9.16. The first-order valence-corrected chi connectivity index (χ1v) is 8.97. The number of likely N-dealkylation sites (tertiary alicyclic amines) is 1. The highest BCUT2D eigenvalue weighted by atomic mass is 32.1. The lowest BCUT2D eigenvalue weighted by Gasteiger charge is -2.36. The minimum atomic E-state index is 0.158. The number of nitrogens with zero attached hydrogens (tertiary/aromatic N) is 2. The van der Waals surface area contributed by atoms with Crippen molar-refractivity contribution < 1.29 is 4.79 Å². The van der Waals surface area contributed by atoms with E-state index in [0.29, 0.717) is 6.42 Å². The number of carbonyl (C=O) groups is 1. The van der Waals surface area contributed by atoms with Gasteiger partial charge in [-0.25, -0.2) is 4.98 Å². The van der Waals surface area contributed by atoms with Gasteiger partial charge in [-0.2, -0.15) is 0 Å². The SMILES string of the molecule is Cc1cccc(-c2nc(CC(=O)N3CC[C@@H](N)C[C@@H]3C)cs2)c1. The number of carbonyl (C=O) groups excluding carboxylic acids is 1. The fraction of sp³-hybridized carbons (Fsp3) is 0.444. The molecule has 2 atom stereocenters. The molecule has 2 N–H and O–H groups in total. The van der Waals surface area contributed by atoms with Crippen molar-refractivity contribution in [1.29, 1.82) is 0 Å². The Hall–Kier alpha value is -1.72. The number of hydrogen-bond acceptors (Lipinski definition) is 4. The molecule has 0 aliphatic carbocycles. The summed E-state index contributed by atoms with van der Waals surface area (Å²) >= 11 is 1.60. The molecule has 1 aromatic heterocycles. The second kappa shape index (κ2) is 6.81. The highest BCUT2D eigenvalue weighted by molar-refractivity contribution is 7.13. The largest absolute Gasteiger partial charge is 0.340 e. The number of aryl methyl sites for hydroxylation is 1. The normalized spacial score (nSPS) is 21.4. The summed E-state index contributed by atoms with van der Waals surface area (Å²) in [4.78, 5) is 19.1. The molecule has 2 heterocycles. The van der Waals surface area contributed by atoms with Gasteiger partial charge in [0.05, 0.1) is 12.1 Å². The van der Waals surface area contributed by atoms with Gasteiger partial charge < -0.3 is 10.6 Å². The first-order valence-electron chi connectivity index (χ1n) is 8.09. The van der Waals surface area contributed by atoms with Crippen LogP contribution in [-0.2, 0) is 11.2 Å². The highest BCUT2D eigenvalue weighted by Crippen LogP contribution is 2.25. The lowest BCUT2D eigenvalue weighted by molar-refractivity contribution is -0.133. The molecule has 1 fully saturated rings. The number of hydrogen-bond donors (Lipinski definition) is 1. The molecule has 1 aliphatic rings. The van der Waals surface area contributed by atoms with Crippen LogP contribution in [0.25, 0.3) is 10.6 Å². The van der Waals surface area contributed by atoms with Crippen molar-refractivity contribution in [3.8, 4) is 10.6 Å². The molecule has 0 bridgehead atoms. The molecule has 1 aliphatic heterocycles. The van der Waals surface area contributed by atoms with E-state index < -0.39 is 0 Å². The van der Waals surface area contributed by atoms with E-state index in [1.165, 1.54) is 5.56 Å². The number of piperidine rings is 1. The number of amides is 1. The van der Waals surface area contributed by atoms with Crippen LogP contribution in [0.3, 0.4) is 0 Å². The zero-order valence-corrected chi connectivity index (χ0v) is 14.5. The van der Waals surface area contributed by atoms with Gasteiger partial charge in [-0.3, -0.25) is 4.79 Å². The van der Waals surface area contributed by atoms with Crippen LogP contribution in [-0.4, -0.2) is 34.4 Å². The Morgan fingerprint density at radius 3 is 3.04 bits per heavy atom. The molecule has 0 unspecified atom stereocenters. The van der Waals surface area contributed by atoms with E-state index >= 15 is 0 Å². The second-order valence-corrected chi connectivity index (χ2v) is 7.27. The molecule has 0 saturated carbocycles. The summed E-state index contributed by atoms with van der Waals surface area (Å²) in [6.07, 6.45) is 2.15. The monoisotopic (exact) mass is 329 g/mol. The van der Waals surface area contributed by atoms with Gasteiger partial charge in [-0.1, -0.05) is 23.8 Å². The minimum Gasteiger partial charge on any atom is -0.340 e. The number of rotatable bonds is 3. The third kappa shape index (κ3) is 3.79. The van der Waals surface area contributed by atoms with Crippen molar-refractivity contribution in [2.45, 2.75) is 45.2 Å². The van der Waals surface area contributed by atoms with Gasteiger partial charge in [0.2, 0.25) is 5.91 Å². The molecule has 0 radical (unpaired) electrons. The number of benzene rings is 1. The quantitative estimate of drug-likeness (QED) is 0.942. The van der Waals surface area contributed by atoms with Crippen LogP contribution >= 0.6 is 11.3 Å². The van der Waals surface area contributed by atoms with Crippen LogP contribution < -0.4 is 5.73 Å². The van der Waals surface area contributed by atoms with Crippen LogP contribution in [0.4, 0.5) is 0 Å². The van der Waals surface area contributed by atoms with Crippen molar-refractivity contribution in [2.75, 3.05) is 6.54 Å². The van der Waals surface area contributed by atoms with E-state index in [4.69, 9.17) is 5.73 Å². The third-order valence-corrected chi connectivity index (χ3v) is 5.33. The molecule has 1 amide bonds. The second-order valence-electron chi connectivity index (χ2n) is 6.41. The van der Waals surface area contributed by atoms with Crippen LogP contribution in [0.2, 0.25) is 0 Å². The predicted octanol–water partition coefficient (Wildman–Crippen LogP) is 3.00. The maximum atomic E-state index is 12.5. The number of aromatic nitrogens is 1. The van der Waals surface area contributed by atoms with Crippen molar-refractivity contribution in [3.05, 3.63) is 40.9 Å². The Kier molecular flexibility index (Phi) is 4.78. The standard InChI is InChI=1S/C18H23N3OS/c1-12-4-3-5-14(8-12)18-20-16(11-23-18)10-17(22)21-7-6-15(19)9-13(21)2/h3-5,8,11,13,15H,6-7,9-10,19H2,1-2H3/t13-,15+/m0/s1. The number of thiazole rings is 1. The summed E-state index contributed by atoms with van der Waals surface area (Å²) in [5.74, 6) is 0.158. The van der Waals surface area contributed by atoms with Gasteiger partial charge >= 0.3 is 0 Å². The summed E-state index contributed by atoms with van der Waals surface area (Å²) in [5, 5.41) is 2.97. The fourth-order valence-electron chi connectivity index (χ4n) is 3.13. The molecule has 1 aromatic carbocycles. The topological polar surface area (TPSA) is 59.2 Å². The van der Waals surface area contributed by atoms with Crippen molar-refractivity contribution in [1.82, 2.24) is 9.88 Å². The van der Waals surface area contributed by atoms with Gasteiger partial charge in [-0.15, -0.1) is 11.3 Å². The van der Waals surface area contributed by atoms with Crippen molar-refractivity contribution in [2.24, 2.45) is 5.73 Å². The Morgan fingerprint density at radius 2 is 2.30 bits per heavy atom. The molecule has 23 heavy (non-hydrogen) atoms. The first-order chi connectivity index (χ1) is 11.0. The molecule has 2 aromatic rings. The van der Waals surface area contributed by atoms with Gasteiger partial charge in [0.1, 0.15) is 5.01 Å². The third-order valence-electron chi connectivity index (χ3n) is 4.39. The Morgan fingerprint density at radius 1 is 1.48 bits per heavy atom. The molecule has 0 spiro atoms. The first kappa shape index (κ1) is 16.1. The van der Waals surface area contributed by atoms with Gasteiger partial charge in [0.15, 0.2) is 0 Å². The molecule has 5 heteroatoms. The van der Waals surface area contributed by atoms with E-state index in [2.05, 4.69) is 37.0 Å². The summed E-state index contributed by atoms with van der Waals surface area (Å²) in [6.45, 7) is 4.91. The van der Waals surface area contributed by atoms with Crippen LogP contribution in [0.5, 0.6) is 0 Å². The van der Waals surface area contributed by atoms with Gasteiger partial charge in [0, 0.05) is 29.6 Å². The number of nitrogens with two attached hydrogens (primary N) is 1. The molecule has 4 nitrogen and oxygen atoms in total. The van der Waals surface area contributed by atoms with Gasteiger partial charge in [-0.05, 0) is 32.8 Å². The average Bonchev–Trinajstić information content (AvgIpc) is 2.95. The Balaban J connectivity index is 1.68. The zero-order chi connectivity index (χ0) is 16.4. The van der Waals surface area contributed by atoms with Crippen molar-refractivity contribution in [3.63, 3.8) is 0 Å². The highest BCUT2D eigenvalue weighted by Gasteiger charge is 2.27. The minimum absolute atomic E-state index is 0.158. The van der Waals surface area contributed by atoms with Crippen LogP contribution in [0, 0.1) is 6.92 Å². The average molecular weight is 329 g/mol. The smallest absolute Gasteiger partial charge is 0.228 e. The fourth-order valence-corrected chi connectivity index (χ4v) is 3.95. The Bertz CT molecular complexity index is 697. The molecular formula is C18H23N3OS. The van der Waals surface area contributed by atoms with Crippen LogP contribution in [0.15, 0.2) is 29.6 Å². The molecule has 3 rings (SSSR count). The predicted molar refractivity (Wildman–Crippen MR) is 94.4 cm³/mol. The lowest BCUT2D eigenvalue weighted by Crippen LogP contribution is -2.48. The Labute approximate surface area is 141 Å². The van der Waals surface area contributed by atoms with E-state index in [1.807, 2.05) is 16.3 Å². The molecule has 122 valence electrons.